The molecular weight excluding hydrogens is 322 g/mol. The molecule has 2 aromatic carbocycles. The molecule has 2 aromatic rings. The molecule has 0 aliphatic carbocycles. The number of nitrogens with two attached hydrogens (primary N) is 1. The van der Waals surface area contributed by atoms with Crippen molar-refractivity contribution in [1.29, 1.82) is 0 Å². The highest BCUT2D eigenvalue weighted by Crippen LogP contribution is 2.42. The van der Waals surface area contributed by atoms with Crippen LogP contribution in [-0.2, 0) is 0 Å². The molecule has 1 aliphatic heterocycles. The van der Waals surface area contributed by atoms with Gasteiger partial charge in [0.15, 0.2) is 17.3 Å². The van der Waals surface area contributed by atoms with Crippen LogP contribution in [0.2, 0.25) is 0 Å². The molecule has 2 N–H and O–H groups in total. The van der Waals surface area contributed by atoms with Gasteiger partial charge >= 0.3 is 0 Å². The monoisotopic (exact) mass is 341 g/mol. The Kier molecular flexibility index (Phi) is 4.52. The number of fused-ring (bicyclic) bond motifs is 1. The number of nitrogen functional groups attached to an aromatic ring is 1. The maximum Gasteiger partial charge on any atom is 0.231 e. The summed E-state index contributed by atoms with van der Waals surface area (Å²) in [5.41, 5.74) is 8.14. The number of anilines is 1. The van der Waals surface area contributed by atoms with E-state index in [4.69, 9.17) is 24.7 Å². The van der Waals surface area contributed by atoms with Gasteiger partial charge in [0, 0.05) is 5.56 Å². The summed E-state index contributed by atoms with van der Waals surface area (Å²) in [6.07, 6.45) is 1.77. The Hall–Kier alpha value is -3.15. The number of allylic oxidation sites excluding steroid dienone is 1. The lowest BCUT2D eigenvalue weighted by molar-refractivity contribution is 0.103. The van der Waals surface area contributed by atoms with Crippen molar-refractivity contribution in [3.05, 3.63) is 47.0 Å². The van der Waals surface area contributed by atoms with Crippen LogP contribution in [-0.4, -0.2) is 26.8 Å². The van der Waals surface area contributed by atoms with Crippen LogP contribution in [0.25, 0.3) is 6.08 Å². The van der Waals surface area contributed by atoms with Gasteiger partial charge < -0.3 is 24.7 Å². The fourth-order valence-corrected chi connectivity index (χ4v) is 2.63. The average Bonchev–Trinajstić information content (AvgIpc) is 3.09. The van der Waals surface area contributed by atoms with Gasteiger partial charge in [0.25, 0.3) is 0 Å². The van der Waals surface area contributed by atoms with Gasteiger partial charge in [0.1, 0.15) is 5.75 Å². The summed E-state index contributed by atoms with van der Waals surface area (Å²) < 4.78 is 21.3. The summed E-state index contributed by atoms with van der Waals surface area (Å²) in [6.45, 7) is 1.91. The predicted octanol–water partition coefficient (Wildman–Crippen LogP) is 3.30. The van der Waals surface area contributed by atoms with Gasteiger partial charge in [-0.05, 0) is 54.5 Å². The third kappa shape index (κ3) is 3.24. The van der Waals surface area contributed by atoms with Gasteiger partial charge in [-0.1, -0.05) is 0 Å². The third-order valence-electron chi connectivity index (χ3n) is 3.92. The normalized spacial score (nSPS) is 12.8. The fourth-order valence-electron chi connectivity index (χ4n) is 2.63. The highest BCUT2D eigenvalue weighted by Gasteiger charge is 2.20. The van der Waals surface area contributed by atoms with E-state index in [-0.39, 0.29) is 12.6 Å². The van der Waals surface area contributed by atoms with E-state index in [9.17, 15) is 4.79 Å². The number of carbonyl (C=O) groups is 1. The Labute approximate surface area is 145 Å². The molecule has 0 fully saturated rings. The lowest BCUT2D eigenvalue weighted by Gasteiger charge is -2.08. The molecule has 25 heavy (non-hydrogen) atoms. The van der Waals surface area contributed by atoms with Crippen molar-refractivity contribution in [2.45, 2.75) is 6.92 Å². The molecule has 0 radical (unpaired) electrons. The zero-order valence-corrected chi connectivity index (χ0v) is 14.3. The zero-order chi connectivity index (χ0) is 18.0. The third-order valence-corrected chi connectivity index (χ3v) is 3.92. The molecule has 6 nitrogen and oxygen atoms in total. The number of ether oxygens (including phenoxy) is 4. The van der Waals surface area contributed by atoms with Crippen molar-refractivity contribution in [2.24, 2.45) is 0 Å². The molecule has 6 heteroatoms. The van der Waals surface area contributed by atoms with E-state index in [1.165, 1.54) is 7.11 Å². The van der Waals surface area contributed by atoms with Crippen LogP contribution in [0.15, 0.2) is 35.9 Å². The van der Waals surface area contributed by atoms with Crippen LogP contribution in [0.3, 0.4) is 0 Å². The van der Waals surface area contributed by atoms with E-state index in [1.807, 2.05) is 6.07 Å². The van der Waals surface area contributed by atoms with E-state index in [1.54, 1.807) is 44.4 Å². The molecule has 130 valence electrons. The van der Waals surface area contributed by atoms with E-state index in [0.29, 0.717) is 39.8 Å². The number of methoxy groups -OCH3 is 2. The zero-order valence-electron chi connectivity index (χ0n) is 14.3. The molecule has 0 atom stereocenters. The summed E-state index contributed by atoms with van der Waals surface area (Å²) >= 11 is 0. The van der Waals surface area contributed by atoms with Gasteiger partial charge in [-0.25, -0.2) is 0 Å². The Morgan fingerprint density at radius 3 is 2.60 bits per heavy atom. The largest absolute Gasteiger partial charge is 0.495 e. The maximum absolute atomic E-state index is 12.7. The molecule has 0 aromatic heterocycles. The van der Waals surface area contributed by atoms with Gasteiger partial charge in [-0.3, -0.25) is 4.79 Å². The van der Waals surface area contributed by atoms with E-state index in [0.717, 1.165) is 5.56 Å². The van der Waals surface area contributed by atoms with Crippen LogP contribution in [0, 0.1) is 0 Å². The minimum absolute atomic E-state index is 0.116. The number of Topliss-reactive ketones (excluding diaryl/α,β-unsaturated/α-hetero) is 1. The van der Waals surface area contributed by atoms with Gasteiger partial charge in [-0.15, -0.1) is 0 Å². The molecule has 1 aliphatic rings. The first-order valence-electron chi connectivity index (χ1n) is 7.67. The minimum Gasteiger partial charge on any atom is -0.495 e. The first kappa shape index (κ1) is 16.7. The molecule has 0 unspecified atom stereocenters. The van der Waals surface area contributed by atoms with Crippen LogP contribution < -0.4 is 24.7 Å². The number of rotatable bonds is 5. The number of benzene rings is 2. The topological polar surface area (TPSA) is 80.0 Å². The second-order valence-corrected chi connectivity index (χ2v) is 5.57. The van der Waals surface area contributed by atoms with E-state index >= 15 is 0 Å². The van der Waals surface area contributed by atoms with Gasteiger partial charge in [0.05, 0.1) is 19.9 Å². The summed E-state index contributed by atoms with van der Waals surface area (Å²) in [7, 11) is 3.07. The van der Waals surface area contributed by atoms with Crippen molar-refractivity contribution in [3.8, 4) is 23.0 Å². The number of carbonyl (C=O) groups excluding carboxylic acids is 1. The van der Waals surface area contributed by atoms with Crippen molar-refractivity contribution in [2.75, 3.05) is 26.7 Å². The average molecular weight is 341 g/mol. The quantitative estimate of drug-likeness (QED) is 0.511. The minimum atomic E-state index is -0.116. The SMILES string of the molecule is COc1cc(C(=O)/C(C)=C/c2cc(OC)c3c(c2)OCO3)ccc1N. The van der Waals surface area contributed by atoms with Crippen molar-refractivity contribution < 1.29 is 23.7 Å². The number of hydrogen-bond donors (Lipinski definition) is 1. The van der Waals surface area contributed by atoms with Gasteiger partial charge in [0.2, 0.25) is 12.5 Å². The summed E-state index contributed by atoms with van der Waals surface area (Å²) in [5, 5.41) is 0. The molecule has 0 spiro atoms. The lowest BCUT2D eigenvalue weighted by atomic mass is 10.0. The van der Waals surface area contributed by atoms with Crippen molar-refractivity contribution in [3.63, 3.8) is 0 Å². The van der Waals surface area contributed by atoms with Gasteiger partial charge in [-0.2, -0.15) is 0 Å². The molecule has 0 amide bonds. The highest BCUT2D eigenvalue weighted by molar-refractivity contribution is 6.11. The Balaban J connectivity index is 1.92. The highest BCUT2D eigenvalue weighted by atomic mass is 16.7. The maximum atomic E-state index is 12.7. The number of hydrogen-bond acceptors (Lipinski definition) is 6. The first-order chi connectivity index (χ1) is 12.0. The van der Waals surface area contributed by atoms with Crippen molar-refractivity contribution >= 4 is 17.5 Å². The molecule has 1 heterocycles. The summed E-state index contributed by atoms with van der Waals surface area (Å²) in [4.78, 5) is 12.7. The second kappa shape index (κ2) is 6.76. The van der Waals surface area contributed by atoms with Crippen LogP contribution in [0.4, 0.5) is 5.69 Å². The first-order valence-corrected chi connectivity index (χ1v) is 7.67. The Bertz CT molecular complexity index is 857. The predicted molar refractivity (Wildman–Crippen MR) is 94.5 cm³/mol. The summed E-state index contributed by atoms with van der Waals surface area (Å²) in [6, 6.07) is 8.58. The smallest absolute Gasteiger partial charge is 0.231 e. The molecule has 0 bridgehead atoms. The van der Waals surface area contributed by atoms with Crippen molar-refractivity contribution in [1.82, 2.24) is 0 Å². The van der Waals surface area contributed by atoms with E-state index < -0.39 is 0 Å². The number of ketones is 1. The molecular formula is C19H19NO5. The molecule has 0 saturated heterocycles. The Morgan fingerprint density at radius 1 is 1.12 bits per heavy atom. The molecule has 0 saturated carbocycles. The Morgan fingerprint density at radius 2 is 1.88 bits per heavy atom. The standard InChI is InChI=1S/C19H19NO5/c1-11(18(21)13-4-5-14(20)15(9-13)22-2)6-12-7-16(23-3)19-17(8-12)24-10-25-19/h4-9H,10,20H2,1-3H3/b11-6+. The fraction of sp³-hybridized carbons (Fsp3) is 0.211. The second-order valence-electron chi connectivity index (χ2n) is 5.57. The van der Waals surface area contributed by atoms with E-state index in [2.05, 4.69) is 0 Å². The summed E-state index contributed by atoms with van der Waals surface area (Å²) in [5.74, 6) is 2.10. The van der Waals surface area contributed by atoms with Crippen LogP contribution in [0.5, 0.6) is 23.0 Å². The van der Waals surface area contributed by atoms with Crippen LogP contribution in [0.1, 0.15) is 22.8 Å². The molecule has 3 rings (SSSR count). The van der Waals surface area contributed by atoms with Crippen LogP contribution >= 0.6 is 0 Å². The lowest BCUT2D eigenvalue weighted by Crippen LogP contribution is -2.02.